The lowest BCUT2D eigenvalue weighted by atomic mass is 10.1. The van der Waals surface area contributed by atoms with Crippen LogP contribution in [-0.4, -0.2) is 19.6 Å². The topological polar surface area (TPSA) is 94.3 Å². The van der Waals surface area contributed by atoms with Crippen LogP contribution in [0, 0.1) is 10.1 Å². The fourth-order valence-corrected chi connectivity index (χ4v) is 2.73. The first-order chi connectivity index (χ1) is 8.50. The summed E-state index contributed by atoms with van der Waals surface area (Å²) in [6, 6.07) is 0.966. The van der Waals surface area contributed by atoms with Crippen molar-refractivity contribution in [2.24, 2.45) is 0 Å². The van der Waals surface area contributed by atoms with Gasteiger partial charge in [-0.1, -0.05) is 0 Å². The molecule has 0 aliphatic heterocycles. The predicted molar refractivity (Wildman–Crippen MR) is 56.5 cm³/mol. The van der Waals surface area contributed by atoms with Crippen LogP contribution in [0.5, 0.6) is 0 Å². The summed E-state index contributed by atoms with van der Waals surface area (Å²) in [5, 5.41) is 10.5. The summed E-state index contributed by atoms with van der Waals surface area (Å²) in [6.45, 7) is 0. The van der Waals surface area contributed by atoms with E-state index in [9.17, 15) is 36.5 Å². The van der Waals surface area contributed by atoms with Crippen LogP contribution < -0.4 is 0 Å². The Morgan fingerprint density at radius 1 is 1.32 bits per heavy atom. The first-order valence-electron chi connectivity index (χ1n) is 4.28. The van der Waals surface area contributed by atoms with Crippen LogP contribution >= 0.6 is 10.7 Å². The highest BCUT2D eigenvalue weighted by Crippen LogP contribution is 2.42. The highest BCUT2D eigenvalue weighted by atomic mass is 35.7. The zero-order valence-electron chi connectivity index (χ0n) is 8.64. The maximum atomic E-state index is 12.8. The number of nitro benzene ring substituents is 1. The molecule has 0 N–H and O–H groups in total. The third-order valence-corrected chi connectivity index (χ3v) is 3.41. The SMILES string of the molecule is O=Cc1ccc([N+](=O)[O-])c(C(F)(F)F)c1S(=O)(=O)Cl. The highest BCUT2D eigenvalue weighted by Gasteiger charge is 2.45. The van der Waals surface area contributed by atoms with Gasteiger partial charge in [-0.15, -0.1) is 0 Å². The number of alkyl halides is 3. The van der Waals surface area contributed by atoms with Crippen molar-refractivity contribution in [2.45, 2.75) is 11.1 Å². The van der Waals surface area contributed by atoms with E-state index in [1.165, 1.54) is 0 Å². The van der Waals surface area contributed by atoms with Gasteiger partial charge in [-0.2, -0.15) is 13.2 Å². The summed E-state index contributed by atoms with van der Waals surface area (Å²) >= 11 is 0. The minimum atomic E-state index is -5.36. The fourth-order valence-electron chi connectivity index (χ4n) is 1.37. The van der Waals surface area contributed by atoms with Gasteiger partial charge in [0.15, 0.2) is 11.8 Å². The Hall–Kier alpha value is -1.68. The monoisotopic (exact) mass is 317 g/mol. The molecule has 0 aliphatic rings. The molecule has 0 aromatic heterocycles. The molecule has 1 rings (SSSR count). The Kier molecular flexibility index (Phi) is 3.87. The van der Waals surface area contributed by atoms with Crippen LogP contribution in [0.1, 0.15) is 15.9 Å². The molecule has 0 aliphatic carbocycles. The van der Waals surface area contributed by atoms with Gasteiger partial charge in [0.05, 0.1) is 4.92 Å². The lowest BCUT2D eigenvalue weighted by Crippen LogP contribution is -2.15. The molecule has 0 radical (unpaired) electrons. The van der Waals surface area contributed by atoms with Crippen LogP contribution in [-0.2, 0) is 15.2 Å². The van der Waals surface area contributed by atoms with Crippen LogP contribution in [0.4, 0.5) is 18.9 Å². The highest BCUT2D eigenvalue weighted by molar-refractivity contribution is 8.13. The predicted octanol–water partition coefficient (Wildman–Crippen LogP) is 2.35. The molecule has 6 nitrogen and oxygen atoms in total. The number of carbonyl (C=O) groups is 1. The van der Waals surface area contributed by atoms with Crippen molar-refractivity contribution < 1.29 is 31.3 Å². The number of nitrogens with zero attached hydrogens (tertiary/aromatic N) is 1. The van der Waals surface area contributed by atoms with Crippen LogP contribution in [0.2, 0.25) is 0 Å². The molecule has 0 saturated heterocycles. The van der Waals surface area contributed by atoms with Gasteiger partial charge < -0.3 is 0 Å². The normalized spacial score (nSPS) is 12.2. The van der Waals surface area contributed by atoms with Crippen molar-refractivity contribution in [1.82, 2.24) is 0 Å². The minimum absolute atomic E-state index is 0.186. The summed E-state index contributed by atoms with van der Waals surface area (Å²) in [4.78, 5) is 18.1. The number of hydrogen-bond acceptors (Lipinski definition) is 5. The van der Waals surface area contributed by atoms with Crippen molar-refractivity contribution in [3.63, 3.8) is 0 Å². The van der Waals surface area contributed by atoms with E-state index in [4.69, 9.17) is 10.7 Å². The number of nitro groups is 1. The maximum absolute atomic E-state index is 12.8. The standard InChI is InChI=1S/C8H3ClF3NO5S/c9-19(17,18)7-4(3-14)1-2-5(13(15)16)6(7)8(10,11)12/h1-3H. The van der Waals surface area contributed by atoms with Crippen molar-refractivity contribution in [2.75, 3.05) is 0 Å². The van der Waals surface area contributed by atoms with Crippen LogP contribution in [0.25, 0.3) is 0 Å². The fraction of sp³-hybridized carbons (Fsp3) is 0.125. The lowest BCUT2D eigenvalue weighted by molar-refractivity contribution is -0.388. The van der Waals surface area contributed by atoms with Crippen molar-refractivity contribution in [3.8, 4) is 0 Å². The molecule has 0 spiro atoms. The van der Waals surface area contributed by atoms with E-state index >= 15 is 0 Å². The van der Waals surface area contributed by atoms with Gasteiger partial charge in [-0.25, -0.2) is 8.42 Å². The molecule has 104 valence electrons. The Bertz CT molecular complexity index is 655. The zero-order chi connectivity index (χ0) is 15.0. The Morgan fingerprint density at radius 2 is 1.84 bits per heavy atom. The quantitative estimate of drug-likeness (QED) is 0.369. The van der Waals surface area contributed by atoms with E-state index in [0.29, 0.717) is 12.1 Å². The van der Waals surface area contributed by atoms with Crippen LogP contribution in [0.15, 0.2) is 17.0 Å². The lowest BCUT2D eigenvalue weighted by Gasteiger charge is -2.12. The molecule has 0 unspecified atom stereocenters. The molecule has 0 fully saturated rings. The van der Waals surface area contributed by atoms with Gasteiger partial charge in [0, 0.05) is 22.3 Å². The Morgan fingerprint density at radius 3 is 2.16 bits per heavy atom. The summed E-state index contributed by atoms with van der Waals surface area (Å²) in [7, 11) is -0.178. The maximum Gasteiger partial charge on any atom is 0.424 e. The Balaban J connectivity index is 3.99. The zero-order valence-corrected chi connectivity index (χ0v) is 10.2. The molecule has 1 aromatic carbocycles. The first-order valence-corrected chi connectivity index (χ1v) is 6.59. The second-order valence-corrected chi connectivity index (χ2v) is 5.69. The summed E-state index contributed by atoms with van der Waals surface area (Å²) in [6.07, 6.45) is -5.55. The average molecular weight is 318 g/mol. The second kappa shape index (κ2) is 4.78. The summed E-state index contributed by atoms with van der Waals surface area (Å²) in [5.74, 6) is 0. The van der Waals surface area contributed by atoms with E-state index in [1.54, 1.807) is 0 Å². The molecular weight excluding hydrogens is 315 g/mol. The van der Waals surface area contributed by atoms with E-state index in [0.717, 1.165) is 0 Å². The molecular formula is C8H3ClF3NO5S. The molecule has 0 bridgehead atoms. The number of carbonyl (C=O) groups excluding carboxylic acids is 1. The van der Waals surface area contributed by atoms with E-state index in [1.807, 2.05) is 0 Å². The van der Waals surface area contributed by atoms with Crippen LogP contribution in [0.3, 0.4) is 0 Å². The number of aldehydes is 1. The summed E-state index contributed by atoms with van der Waals surface area (Å²) in [5.41, 5.74) is -4.48. The first kappa shape index (κ1) is 15.4. The second-order valence-electron chi connectivity index (χ2n) is 3.19. The van der Waals surface area contributed by atoms with Gasteiger partial charge in [-0.3, -0.25) is 14.9 Å². The summed E-state index contributed by atoms with van der Waals surface area (Å²) < 4.78 is 60.6. The van der Waals surface area contributed by atoms with E-state index in [2.05, 4.69) is 0 Å². The largest absolute Gasteiger partial charge is 0.424 e. The molecule has 0 saturated carbocycles. The average Bonchev–Trinajstić information content (AvgIpc) is 2.24. The number of halogens is 4. The van der Waals surface area contributed by atoms with Gasteiger partial charge in [0.1, 0.15) is 4.90 Å². The molecule has 0 heterocycles. The molecule has 11 heteroatoms. The third-order valence-electron chi connectivity index (χ3n) is 2.02. The van der Waals surface area contributed by atoms with Crippen molar-refractivity contribution >= 4 is 31.7 Å². The molecule has 19 heavy (non-hydrogen) atoms. The van der Waals surface area contributed by atoms with Gasteiger partial charge >= 0.3 is 6.18 Å². The van der Waals surface area contributed by atoms with E-state index in [-0.39, 0.29) is 6.29 Å². The van der Waals surface area contributed by atoms with Gasteiger partial charge in [-0.05, 0) is 6.07 Å². The van der Waals surface area contributed by atoms with Crippen molar-refractivity contribution in [3.05, 3.63) is 33.4 Å². The smallest absolute Gasteiger partial charge is 0.298 e. The minimum Gasteiger partial charge on any atom is -0.298 e. The number of hydrogen-bond donors (Lipinski definition) is 0. The number of benzene rings is 1. The molecule has 1 aromatic rings. The van der Waals surface area contributed by atoms with Gasteiger partial charge in [0.25, 0.3) is 14.7 Å². The van der Waals surface area contributed by atoms with Gasteiger partial charge in [0.2, 0.25) is 0 Å². The molecule has 0 atom stereocenters. The van der Waals surface area contributed by atoms with E-state index < -0.39 is 41.9 Å². The molecule has 0 amide bonds. The number of rotatable bonds is 3. The Labute approximate surface area is 108 Å². The van der Waals surface area contributed by atoms with Crippen molar-refractivity contribution in [1.29, 1.82) is 0 Å². The third kappa shape index (κ3) is 3.01.